The summed E-state index contributed by atoms with van der Waals surface area (Å²) in [6.45, 7) is 8.52. The molecule has 0 spiro atoms. The SMILES string of the molecule is CNCCCC1CCN(C(=O)OC(C)(C)C)CC1. The molecule has 1 aliphatic heterocycles. The summed E-state index contributed by atoms with van der Waals surface area (Å²) < 4.78 is 5.39. The van der Waals surface area contributed by atoms with E-state index >= 15 is 0 Å². The van der Waals surface area contributed by atoms with Gasteiger partial charge >= 0.3 is 6.09 Å². The summed E-state index contributed by atoms with van der Waals surface area (Å²) in [6.07, 6.45) is 4.57. The Balaban J connectivity index is 2.24. The molecular weight excluding hydrogens is 228 g/mol. The van der Waals surface area contributed by atoms with Gasteiger partial charge in [0.25, 0.3) is 0 Å². The number of nitrogens with one attached hydrogen (secondary N) is 1. The molecule has 1 saturated heterocycles. The van der Waals surface area contributed by atoms with Gasteiger partial charge in [0.15, 0.2) is 0 Å². The highest BCUT2D eigenvalue weighted by atomic mass is 16.6. The van der Waals surface area contributed by atoms with Gasteiger partial charge in [0.1, 0.15) is 5.60 Å². The number of hydrogen-bond acceptors (Lipinski definition) is 3. The molecule has 4 nitrogen and oxygen atoms in total. The fraction of sp³-hybridized carbons (Fsp3) is 0.929. The van der Waals surface area contributed by atoms with Gasteiger partial charge in [0, 0.05) is 13.1 Å². The van der Waals surface area contributed by atoms with Crippen molar-refractivity contribution in [2.24, 2.45) is 5.92 Å². The molecule has 0 unspecified atom stereocenters. The Kier molecular flexibility index (Phi) is 5.93. The minimum Gasteiger partial charge on any atom is -0.444 e. The highest BCUT2D eigenvalue weighted by molar-refractivity contribution is 5.68. The van der Waals surface area contributed by atoms with Crippen LogP contribution in [-0.2, 0) is 4.74 Å². The molecule has 1 amide bonds. The molecule has 18 heavy (non-hydrogen) atoms. The molecule has 0 aliphatic carbocycles. The van der Waals surface area contributed by atoms with E-state index in [2.05, 4.69) is 5.32 Å². The summed E-state index contributed by atoms with van der Waals surface area (Å²) in [7, 11) is 1.99. The van der Waals surface area contributed by atoms with E-state index in [0.29, 0.717) is 0 Å². The van der Waals surface area contributed by atoms with Crippen molar-refractivity contribution in [2.75, 3.05) is 26.7 Å². The lowest BCUT2D eigenvalue weighted by molar-refractivity contribution is 0.0180. The van der Waals surface area contributed by atoms with Gasteiger partial charge in [-0.2, -0.15) is 0 Å². The van der Waals surface area contributed by atoms with E-state index in [4.69, 9.17) is 4.74 Å². The molecular formula is C14H28N2O2. The van der Waals surface area contributed by atoms with Gasteiger partial charge in [-0.15, -0.1) is 0 Å². The summed E-state index contributed by atoms with van der Waals surface area (Å²) in [5.41, 5.74) is -0.388. The zero-order chi connectivity index (χ0) is 13.6. The Morgan fingerprint density at radius 1 is 1.33 bits per heavy atom. The van der Waals surface area contributed by atoms with E-state index < -0.39 is 0 Å². The number of nitrogens with zero attached hydrogens (tertiary/aromatic N) is 1. The van der Waals surface area contributed by atoms with Crippen molar-refractivity contribution in [3.8, 4) is 0 Å². The second-order valence-corrected chi connectivity index (χ2v) is 6.16. The molecule has 0 aromatic rings. The minimum atomic E-state index is -0.388. The van der Waals surface area contributed by atoms with E-state index in [1.165, 1.54) is 12.8 Å². The number of piperidine rings is 1. The molecule has 106 valence electrons. The standard InChI is InChI=1S/C14H28N2O2/c1-14(2,3)18-13(17)16-10-7-12(8-11-16)6-5-9-15-4/h12,15H,5-11H2,1-4H3. The van der Waals surface area contributed by atoms with Crippen LogP contribution in [0.5, 0.6) is 0 Å². The first kappa shape index (κ1) is 15.3. The topological polar surface area (TPSA) is 41.6 Å². The van der Waals surface area contributed by atoms with Crippen molar-refractivity contribution in [1.82, 2.24) is 10.2 Å². The Hall–Kier alpha value is -0.770. The summed E-state index contributed by atoms with van der Waals surface area (Å²) in [6, 6.07) is 0. The molecule has 0 aromatic heterocycles. The molecule has 1 heterocycles. The van der Waals surface area contributed by atoms with Crippen molar-refractivity contribution in [1.29, 1.82) is 0 Å². The van der Waals surface area contributed by atoms with Crippen LogP contribution in [0.4, 0.5) is 4.79 Å². The molecule has 4 heteroatoms. The third kappa shape index (κ3) is 5.71. The van der Waals surface area contributed by atoms with Crippen molar-refractivity contribution < 1.29 is 9.53 Å². The Morgan fingerprint density at radius 3 is 2.44 bits per heavy atom. The van der Waals surface area contributed by atoms with Crippen LogP contribution in [0.2, 0.25) is 0 Å². The quantitative estimate of drug-likeness (QED) is 0.786. The van der Waals surface area contributed by atoms with E-state index in [9.17, 15) is 4.79 Å². The first-order valence-electron chi connectivity index (χ1n) is 7.05. The molecule has 0 bridgehead atoms. The first-order valence-corrected chi connectivity index (χ1v) is 7.05. The Morgan fingerprint density at radius 2 is 1.94 bits per heavy atom. The lowest BCUT2D eigenvalue weighted by Gasteiger charge is -2.33. The molecule has 1 N–H and O–H groups in total. The second kappa shape index (κ2) is 6.98. The Bertz CT molecular complexity index is 253. The molecule has 0 aromatic carbocycles. The van der Waals surface area contributed by atoms with Crippen LogP contribution in [0.25, 0.3) is 0 Å². The van der Waals surface area contributed by atoms with Crippen LogP contribution < -0.4 is 5.32 Å². The number of carbonyl (C=O) groups excluding carboxylic acids is 1. The predicted octanol–water partition coefficient (Wildman–Crippen LogP) is 2.63. The van der Waals surface area contributed by atoms with Gasteiger partial charge in [-0.25, -0.2) is 4.79 Å². The highest BCUT2D eigenvalue weighted by Crippen LogP contribution is 2.23. The number of ether oxygens (including phenoxy) is 1. The van der Waals surface area contributed by atoms with Crippen LogP contribution >= 0.6 is 0 Å². The molecule has 1 rings (SSSR count). The van der Waals surface area contributed by atoms with Gasteiger partial charge in [-0.1, -0.05) is 0 Å². The van der Waals surface area contributed by atoms with Gasteiger partial charge in [0.05, 0.1) is 0 Å². The number of carbonyl (C=O) groups is 1. The maximum atomic E-state index is 11.9. The van der Waals surface area contributed by atoms with Crippen molar-refractivity contribution in [2.45, 2.75) is 52.1 Å². The summed E-state index contributed by atoms with van der Waals surface area (Å²) in [5, 5.41) is 3.18. The minimum absolute atomic E-state index is 0.156. The fourth-order valence-electron chi connectivity index (χ4n) is 2.30. The van der Waals surface area contributed by atoms with Crippen LogP contribution in [0.15, 0.2) is 0 Å². The molecule has 0 atom stereocenters. The zero-order valence-electron chi connectivity index (χ0n) is 12.3. The van der Waals surface area contributed by atoms with E-state index in [1.54, 1.807) is 0 Å². The van der Waals surface area contributed by atoms with Gasteiger partial charge < -0.3 is 15.0 Å². The summed E-state index contributed by atoms with van der Waals surface area (Å²) in [5.74, 6) is 0.775. The molecule has 0 radical (unpaired) electrons. The highest BCUT2D eigenvalue weighted by Gasteiger charge is 2.26. The van der Waals surface area contributed by atoms with Crippen LogP contribution in [0.3, 0.4) is 0 Å². The monoisotopic (exact) mass is 256 g/mol. The normalized spacial score (nSPS) is 17.9. The van der Waals surface area contributed by atoms with Crippen molar-refractivity contribution >= 4 is 6.09 Å². The Labute approximate surface area is 111 Å². The van der Waals surface area contributed by atoms with Gasteiger partial charge in [-0.05, 0) is 66.0 Å². The number of hydrogen-bond donors (Lipinski definition) is 1. The number of likely N-dealkylation sites (tertiary alicyclic amines) is 1. The average Bonchev–Trinajstić information content (AvgIpc) is 2.28. The van der Waals surface area contributed by atoms with Crippen LogP contribution in [0, 0.1) is 5.92 Å². The summed E-state index contributed by atoms with van der Waals surface area (Å²) >= 11 is 0. The maximum Gasteiger partial charge on any atom is 0.410 e. The predicted molar refractivity (Wildman–Crippen MR) is 73.7 cm³/mol. The third-order valence-corrected chi connectivity index (χ3v) is 3.31. The van der Waals surface area contributed by atoms with E-state index in [-0.39, 0.29) is 11.7 Å². The summed E-state index contributed by atoms with van der Waals surface area (Å²) in [4.78, 5) is 13.7. The average molecular weight is 256 g/mol. The lowest BCUT2D eigenvalue weighted by Crippen LogP contribution is -2.41. The van der Waals surface area contributed by atoms with E-state index in [1.807, 2.05) is 32.7 Å². The van der Waals surface area contributed by atoms with E-state index in [0.717, 1.165) is 38.4 Å². The fourth-order valence-corrected chi connectivity index (χ4v) is 2.30. The molecule has 0 saturated carbocycles. The van der Waals surface area contributed by atoms with Crippen LogP contribution in [0.1, 0.15) is 46.5 Å². The molecule has 1 aliphatic rings. The zero-order valence-corrected chi connectivity index (χ0v) is 12.3. The largest absolute Gasteiger partial charge is 0.444 e. The third-order valence-electron chi connectivity index (χ3n) is 3.31. The van der Waals surface area contributed by atoms with Crippen LogP contribution in [-0.4, -0.2) is 43.3 Å². The first-order chi connectivity index (χ1) is 8.42. The van der Waals surface area contributed by atoms with Gasteiger partial charge in [0.2, 0.25) is 0 Å². The lowest BCUT2D eigenvalue weighted by atomic mass is 9.92. The van der Waals surface area contributed by atoms with Crippen molar-refractivity contribution in [3.63, 3.8) is 0 Å². The van der Waals surface area contributed by atoms with Crippen molar-refractivity contribution in [3.05, 3.63) is 0 Å². The maximum absolute atomic E-state index is 11.9. The van der Waals surface area contributed by atoms with Gasteiger partial charge in [-0.3, -0.25) is 0 Å². The smallest absolute Gasteiger partial charge is 0.410 e. The number of rotatable bonds is 4. The second-order valence-electron chi connectivity index (χ2n) is 6.16. The molecule has 1 fully saturated rings. The number of amides is 1.